The maximum absolute atomic E-state index is 12.9. The molecule has 10 heteroatoms. The number of hydrogen-bond donors (Lipinski definition) is 3. The Morgan fingerprint density at radius 3 is 2.54 bits per heavy atom. The lowest BCUT2D eigenvalue weighted by atomic mass is 10.1. The second-order valence-electron chi connectivity index (χ2n) is 5.51. The smallest absolute Gasteiger partial charge is 0.271 e. The molecule has 28 heavy (non-hydrogen) atoms. The van der Waals surface area contributed by atoms with Gasteiger partial charge in [0.05, 0.1) is 6.21 Å². The Morgan fingerprint density at radius 1 is 1.14 bits per heavy atom. The van der Waals surface area contributed by atoms with Crippen LogP contribution >= 0.6 is 11.8 Å². The van der Waals surface area contributed by atoms with Crippen LogP contribution in [0.15, 0.2) is 74.3 Å². The van der Waals surface area contributed by atoms with Gasteiger partial charge in [-0.25, -0.2) is 19.7 Å². The van der Waals surface area contributed by atoms with E-state index in [1.165, 1.54) is 30.5 Å². The second kappa shape index (κ2) is 8.91. The van der Waals surface area contributed by atoms with Gasteiger partial charge in [-0.05, 0) is 23.3 Å². The molecule has 3 rings (SSSR count). The number of aromatic nitrogens is 3. The molecular weight excluding hydrogens is 385 g/mol. The highest BCUT2D eigenvalue weighted by molar-refractivity contribution is 8.00. The zero-order valence-electron chi connectivity index (χ0n) is 14.3. The van der Waals surface area contributed by atoms with Gasteiger partial charge in [-0.2, -0.15) is 10.2 Å². The minimum absolute atomic E-state index is 0.0638. The lowest BCUT2D eigenvalue weighted by Crippen LogP contribution is -2.28. The standard InChI is InChI=1S/C18H14FN5O3S/c19-13-8-6-11(7-9-13)10-20-22-15(25)14(12-4-2-1-3-5-12)28-17-16(26)21-18(27)24-23-17/h1-10,14H,(H,22,25)(H2,21,24,26,27)/b20-10-. The number of nitrogens with zero attached hydrogens (tertiary/aromatic N) is 2. The molecule has 0 spiro atoms. The highest BCUT2D eigenvalue weighted by Gasteiger charge is 2.24. The van der Waals surface area contributed by atoms with E-state index in [0.29, 0.717) is 11.1 Å². The van der Waals surface area contributed by atoms with Gasteiger partial charge in [0, 0.05) is 0 Å². The summed E-state index contributed by atoms with van der Waals surface area (Å²) in [4.78, 5) is 37.7. The molecular formula is C18H14FN5O3S. The van der Waals surface area contributed by atoms with Gasteiger partial charge >= 0.3 is 5.69 Å². The van der Waals surface area contributed by atoms with E-state index in [9.17, 15) is 18.8 Å². The Balaban J connectivity index is 1.80. The number of thioether (sulfide) groups is 1. The molecule has 1 heterocycles. The minimum Gasteiger partial charge on any atom is -0.271 e. The largest absolute Gasteiger partial charge is 0.342 e. The molecule has 0 aliphatic carbocycles. The molecule has 3 N–H and O–H groups in total. The molecule has 0 bridgehead atoms. The van der Waals surface area contributed by atoms with Crippen LogP contribution in [0.3, 0.4) is 0 Å². The van der Waals surface area contributed by atoms with Crippen LogP contribution in [-0.2, 0) is 4.79 Å². The van der Waals surface area contributed by atoms with Crippen molar-refractivity contribution in [3.05, 3.63) is 92.4 Å². The van der Waals surface area contributed by atoms with E-state index in [4.69, 9.17) is 0 Å². The average molecular weight is 399 g/mol. The van der Waals surface area contributed by atoms with Crippen molar-refractivity contribution >= 4 is 23.9 Å². The van der Waals surface area contributed by atoms with Crippen molar-refractivity contribution in [2.45, 2.75) is 10.3 Å². The molecule has 142 valence electrons. The Bertz CT molecular complexity index is 1100. The Labute approximate surface area is 161 Å². The maximum atomic E-state index is 12.9. The number of H-pyrrole nitrogens is 2. The van der Waals surface area contributed by atoms with Crippen LogP contribution in [0.4, 0.5) is 4.39 Å². The van der Waals surface area contributed by atoms with Gasteiger partial charge in [-0.1, -0.05) is 54.2 Å². The highest BCUT2D eigenvalue weighted by atomic mass is 32.2. The van der Waals surface area contributed by atoms with E-state index < -0.39 is 22.4 Å². The number of carbonyl (C=O) groups is 1. The van der Waals surface area contributed by atoms with Gasteiger partial charge in [-0.3, -0.25) is 14.6 Å². The van der Waals surface area contributed by atoms with Crippen molar-refractivity contribution in [3.63, 3.8) is 0 Å². The first-order valence-electron chi connectivity index (χ1n) is 8.02. The van der Waals surface area contributed by atoms with Crippen LogP contribution in [0.1, 0.15) is 16.4 Å². The molecule has 0 saturated carbocycles. The number of aromatic amines is 2. The number of nitrogens with one attached hydrogen (secondary N) is 3. The van der Waals surface area contributed by atoms with Gasteiger partial charge in [0.1, 0.15) is 11.1 Å². The topological polar surface area (TPSA) is 120 Å². The Hall–Kier alpha value is -3.53. The van der Waals surface area contributed by atoms with Crippen LogP contribution in [0, 0.1) is 5.82 Å². The molecule has 8 nitrogen and oxygen atoms in total. The fourth-order valence-corrected chi connectivity index (χ4v) is 3.14. The number of halogens is 1. The van der Waals surface area contributed by atoms with E-state index in [2.05, 4.69) is 25.7 Å². The van der Waals surface area contributed by atoms with E-state index in [1.54, 1.807) is 30.3 Å². The van der Waals surface area contributed by atoms with Crippen molar-refractivity contribution in [1.29, 1.82) is 0 Å². The lowest BCUT2D eigenvalue weighted by Gasteiger charge is -2.14. The molecule has 0 saturated heterocycles. The number of hydrazone groups is 1. The molecule has 1 unspecified atom stereocenters. The fraction of sp³-hybridized carbons (Fsp3) is 0.0556. The molecule has 0 fully saturated rings. The fourth-order valence-electron chi connectivity index (χ4n) is 2.21. The van der Waals surface area contributed by atoms with Gasteiger partial charge in [0.25, 0.3) is 11.5 Å². The average Bonchev–Trinajstić information content (AvgIpc) is 2.69. The summed E-state index contributed by atoms with van der Waals surface area (Å²) in [7, 11) is 0. The van der Waals surface area contributed by atoms with Crippen molar-refractivity contribution in [3.8, 4) is 0 Å². The monoisotopic (exact) mass is 399 g/mol. The molecule has 1 atom stereocenters. The number of benzene rings is 2. The van der Waals surface area contributed by atoms with E-state index in [-0.39, 0.29) is 10.8 Å². The molecule has 1 aromatic heterocycles. The first kappa shape index (κ1) is 19.2. The van der Waals surface area contributed by atoms with Gasteiger partial charge in [0.2, 0.25) is 0 Å². The predicted molar refractivity (Wildman–Crippen MR) is 103 cm³/mol. The SMILES string of the molecule is O=C(N/N=C\c1ccc(F)cc1)C(Sc1n[nH]c(=O)[nH]c1=O)c1ccccc1. The molecule has 0 radical (unpaired) electrons. The van der Waals surface area contributed by atoms with E-state index in [0.717, 1.165) is 11.8 Å². The summed E-state index contributed by atoms with van der Waals surface area (Å²) in [5, 5.41) is 8.79. The first-order chi connectivity index (χ1) is 13.5. The zero-order chi connectivity index (χ0) is 19.9. The Morgan fingerprint density at radius 2 is 1.86 bits per heavy atom. The first-order valence-corrected chi connectivity index (χ1v) is 8.90. The summed E-state index contributed by atoms with van der Waals surface area (Å²) in [6.45, 7) is 0. The quantitative estimate of drug-likeness (QED) is 0.330. The predicted octanol–water partition coefficient (Wildman–Crippen LogP) is 1.58. The number of carbonyl (C=O) groups excluding carboxylic acids is 1. The van der Waals surface area contributed by atoms with Crippen LogP contribution < -0.4 is 16.7 Å². The number of hydrogen-bond acceptors (Lipinski definition) is 6. The van der Waals surface area contributed by atoms with E-state index in [1.807, 2.05) is 0 Å². The van der Waals surface area contributed by atoms with Crippen molar-refractivity contribution in [2.75, 3.05) is 0 Å². The normalized spacial score (nSPS) is 12.0. The third kappa shape index (κ3) is 5.01. The summed E-state index contributed by atoms with van der Waals surface area (Å²) in [5.74, 6) is -0.873. The van der Waals surface area contributed by atoms with Crippen LogP contribution in [0.5, 0.6) is 0 Å². The molecule has 2 aromatic carbocycles. The van der Waals surface area contributed by atoms with Gasteiger partial charge in [0.15, 0.2) is 5.03 Å². The van der Waals surface area contributed by atoms with Crippen molar-refractivity contribution < 1.29 is 9.18 Å². The van der Waals surface area contributed by atoms with Crippen LogP contribution in [0.2, 0.25) is 0 Å². The summed E-state index contributed by atoms with van der Waals surface area (Å²) in [6, 6.07) is 14.3. The second-order valence-corrected chi connectivity index (χ2v) is 6.60. The zero-order valence-corrected chi connectivity index (χ0v) is 15.1. The van der Waals surface area contributed by atoms with Crippen molar-refractivity contribution in [2.24, 2.45) is 5.10 Å². The molecule has 0 aliphatic rings. The number of rotatable bonds is 6. The van der Waals surface area contributed by atoms with Crippen LogP contribution in [-0.4, -0.2) is 27.3 Å². The van der Waals surface area contributed by atoms with Gasteiger partial charge < -0.3 is 0 Å². The third-order valence-corrected chi connectivity index (χ3v) is 4.73. The van der Waals surface area contributed by atoms with Crippen LogP contribution in [0.25, 0.3) is 0 Å². The number of amides is 1. The molecule has 0 aliphatic heterocycles. The molecule has 1 amide bonds. The summed E-state index contributed by atoms with van der Waals surface area (Å²) in [5.41, 5.74) is 2.19. The minimum atomic E-state index is -0.842. The highest BCUT2D eigenvalue weighted by Crippen LogP contribution is 2.32. The van der Waals surface area contributed by atoms with Crippen molar-refractivity contribution in [1.82, 2.24) is 20.6 Å². The summed E-state index contributed by atoms with van der Waals surface area (Å²) in [6.07, 6.45) is 1.37. The Kier molecular flexibility index (Phi) is 6.12. The molecule has 3 aromatic rings. The van der Waals surface area contributed by atoms with E-state index >= 15 is 0 Å². The summed E-state index contributed by atoms with van der Waals surface area (Å²) < 4.78 is 12.9. The van der Waals surface area contributed by atoms with Gasteiger partial charge in [-0.15, -0.1) is 0 Å². The maximum Gasteiger partial charge on any atom is 0.342 e. The summed E-state index contributed by atoms with van der Waals surface area (Å²) >= 11 is 0.873. The lowest BCUT2D eigenvalue weighted by molar-refractivity contribution is -0.120. The third-order valence-electron chi connectivity index (χ3n) is 3.51.